The van der Waals surface area contributed by atoms with Crippen LogP contribution in [0.1, 0.15) is 91.6 Å². The Kier molecular flexibility index (Phi) is 8.54. The second-order valence-corrected chi connectivity index (χ2v) is 14.4. The molecule has 0 saturated heterocycles. The number of carbonyl (C=O) groups excluding carboxylic acids is 1. The summed E-state index contributed by atoms with van der Waals surface area (Å²) in [6.07, 6.45) is -2.84. The maximum Gasteiger partial charge on any atom is 0.293 e. The lowest BCUT2D eigenvalue weighted by atomic mass is 9.73. The van der Waals surface area contributed by atoms with Crippen LogP contribution in [0.5, 0.6) is 0 Å². The fraction of sp³-hybridized carbons (Fsp3) is 0.378. The molecule has 270 valence electrons. The molecule has 9 nitrogen and oxygen atoms in total. The summed E-state index contributed by atoms with van der Waals surface area (Å²) in [5.74, 6) is -1.68. The van der Waals surface area contributed by atoms with Crippen LogP contribution in [0.2, 0.25) is 0 Å². The van der Waals surface area contributed by atoms with Gasteiger partial charge in [0.15, 0.2) is 5.65 Å². The molecule has 0 aliphatic heterocycles. The number of nitrogens with one attached hydrogen (secondary N) is 1. The molecule has 4 heterocycles. The SMILES string of the molecule is Cc1ccc(-c2ccc(C#CC(C)(C)C)nc2[C@H](Cc2cc(F)cc(F)c2)NC(=O)Cn2nc(C(F)F)c3c2C(F)(F)[C@@H]2CC[C@H]32)c2nnc(N)n12. The zero-order chi connectivity index (χ0) is 37.3. The van der Waals surface area contributed by atoms with E-state index in [9.17, 15) is 22.4 Å². The Hall–Kier alpha value is -5.39. The second-order valence-electron chi connectivity index (χ2n) is 14.4. The Morgan fingerprint density at radius 3 is 2.40 bits per heavy atom. The molecule has 0 spiro atoms. The molecule has 0 unspecified atom stereocenters. The molecule has 7 rings (SSSR count). The number of alkyl halides is 4. The summed E-state index contributed by atoms with van der Waals surface area (Å²) >= 11 is 0. The van der Waals surface area contributed by atoms with Crippen molar-refractivity contribution in [2.45, 2.75) is 77.8 Å². The van der Waals surface area contributed by atoms with E-state index in [1.807, 2.05) is 27.7 Å². The zero-order valence-corrected chi connectivity index (χ0v) is 28.6. The van der Waals surface area contributed by atoms with Crippen LogP contribution in [0.4, 0.5) is 32.3 Å². The van der Waals surface area contributed by atoms with Crippen molar-refractivity contribution < 1.29 is 31.1 Å². The number of carbonyl (C=O) groups is 1. The highest BCUT2D eigenvalue weighted by Crippen LogP contribution is 2.63. The summed E-state index contributed by atoms with van der Waals surface area (Å²) in [5, 5.41) is 14.9. The van der Waals surface area contributed by atoms with Gasteiger partial charge in [0.2, 0.25) is 11.9 Å². The number of hydrogen-bond acceptors (Lipinski definition) is 6. The van der Waals surface area contributed by atoms with Gasteiger partial charge >= 0.3 is 0 Å². The fourth-order valence-electron chi connectivity index (χ4n) is 7.17. The molecular weight excluding hydrogens is 686 g/mol. The van der Waals surface area contributed by atoms with E-state index in [4.69, 9.17) is 10.7 Å². The molecule has 2 aliphatic carbocycles. The average Bonchev–Trinajstić information content (AvgIpc) is 3.64. The smallest absolute Gasteiger partial charge is 0.293 e. The molecule has 5 aromatic rings. The highest BCUT2D eigenvalue weighted by molar-refractivity contribution is 5.82. The van der Waals surface area contributed by atoms with Gasteiger partial charge < -0.3 is 11.1 Å². The number of rotatable bonds is 8. The Bertz CT molecular complexity index is 2280. The third kappa shape index (κ3) is 6.24. The predicted molar refractivity (Wildman–Crippen MR) is 179 cm³/mol. The largest absolute Gasteiger partial charge is 0.368 e. The molecule has 0 bridgehead atoms. The lowest BCUT2D eigenvalue weighted by Gasteiger charge is -2.34. The van der Waals surface area contributed by atoms with Crippen molar-refractivity contribution in [2.75, 3.05) is 5.73 Å². The first-order valence-electron chi connectivity index (χ1n) is 16.7. The van der Waals surface area contributed by atoms with Crippen LogP contribution in [0.3, 0.4) is 0 Å². The molecular formula is C37H34F6N8O. The van der Waals surface area contributed by atoms with Crippen LogP contribution in [-0.4, -0.2) is 35.3 Å². The van der Waals surface area contributed by atoms with Crippen molar-refractivity contribution in [3.63, 3.8) is 0 Å². The van der Waals surface area contributed by atoms with E-state index >= 15 is 8.78 Å². The number of anilines is 1. The van der Waals surface area contributed by atoms with Gasteiger partial charge in [0.05, 0.1) is 11.7 Å². The number of aromatic nitrogens is 6. The van der Waals surface area contributed by atoms with E-state index in [0.717, 1.165) is 17.8 Å². The fourth-order valence-corrected chi connectivity index (χ4v) is 7.17. The number of fused-ring (bicyclic) bond motifs is 4. The van der Waals surface area contributed by atoms with Crippen LogP contribution in [-0.2, 0) is 23.7 Å². The number of amides is 1. The third-order valence-corrected chi connectivity index (χ3v) is 9.53. The van der Waals surface area contributed by atoms with Gasteiger partial charge in [-0.2, -0.15) is 13.9 Å². The van der Waals surface area contributed by atoms with Crippen LogP contribution in [0.15, 0.2) is 42.5 Å². The first-order valence-corrected chi connectivity index (χ1v) is 16.7. The minimum Gasteiger partial charge on any atom is -0.368 e. The summed E-state index contributed by atoms with van der Waals surface area (Å²) in [4.78, 5) is 18.7. The number of pyridine rings is 2. The molecule has 1 fully saturated rings. The van der Waals surface area contributed by atoms with Crippen LogP contribution in [0, 0.1) is 41.7 Å². The number of aryl methyl sites for hydroxylation is 1. The highest BCUT2D eigenvalue weighted by atomic mass is 19.3. The van der Waals surface area contributed by atoms with E-state index in [1.54, 1.807) is 28.7 Å². The van der Waals surface area contributed by atoms with Crippen molar-refractivity contribution in [3.8, 4) is 23.0 Å². The molecule has 15 heteroatoms. The van der Waals surface area contributed by atoms with Crippen molar-refractivity contribution in [3.05, 3.63) is 93.7 Å². The maximum absolute atomic E-state index is 15.6. The topological polar surface area (TPSA) is 116 Å². The third-order valence-electron chi connectivity index (χ3n) is 9.53. The number of nitrogen functional groups attached to an aromatic ring is 1. The quantitative estimate of drug-likeness (QED) is 0.130. The van der Waals surface area contributed by atoms with E-state index in [-0.39, 0.29) is 35.6 Å². The Labute approximate surface area is 294 Å². The van der Waals surface area contributed by atoms with Crippen LogP contribution >= 0.6 is 0 Å². The maximum atomic E-state index is 15.6. The molecule has 0 radical (unpaired) electrons. The summed E-state index contributed by atoms with van der Waals surface area (Å²) in [5.41, 5.74) is 6.75. The minimum atomic E-state index is -3.46. The summed E-state index contributed by atoms with van der Waals surface area (Å²) < 4.78 is 90.5. The molecule has 1 saturated carbocycles. The zero-order valence-electron chi connectivity index (χ0n) is 28.6. The highest BCUT2D eigenvalue weighted by Gasteiger charge is 2.62. The first-order chi connectivity index (χ1) is 24.5. The molecule has 4 aromatic heterocycles. The van der Waals surface area contributed by atoms with Crippen molar-refractivity contribution >= 4 is 17.5 Å². The molecule has 52 heavy (non-hydrogen) atoms. The van der Waals surface area contributed by atoms with Gasteiger partial charge in [-0.05, 0) is 101 Å². The van der Waals surface area contributed by atoms with Gasteiger partial charge in [-0.1, -0.05) is 5.92 Å². The van der Waals surface area contributed by atoms with Gasteiger partial charge in [-0.25, -0.2) is 22.5 Å². The van der Waals surface area contributed by atoms with Crippen molar-refractivity contribution in [2.24, 2.45) is 11.3 Å². The molecule has 1 amide bonds. The molecule has 3 atom stereocenters. The Morgan fingerprint density at radius 2 is 1.75 bits per heavy atom. The standard InChI is InChI=1S/C37H34F6N8O/c1-18-5-7-24(34-47-48-35(44)51(18)34)23-8-6-22(11-12-36(2,3)4)45-30(23)27(15-19-13-20(38)16-21(39)14-19)46-28(52)17-50-32-29(31(49-50)33(40)41)25-9-10-26(25)37(32,42)43/h5-8,13-14,16,25-27,33H,9-10,15,17H2,1-4H3,(H2,44,48)(H,46,52)/t25-,26+,27-/m0/s1. The van der Waals surface area contributed by atoms with Gasteiger partial charge in [-0.15, -0.1) is 10.2 Å². The van der Waals surface area contributed by atoms with E-state index < -0.39 is 71.1 Å². The molecule has 3 N–H and O–H groups in total. The lowest BCUT2D eigenvalue weighted by molar-refractivity contribution is -0.123. The number of hydrogen-bond donors (Lipinski definition) is 2. The lowest BCUT2D eigenvalue weighted by Crippen LogP contribution is -2.36. The summed E-state index contributed by atoms with van der Waals surface area (Å²) in [6.45, 7) is 6.72. The van der Waals surface area contributed by atoms with Crippen LogP contribution < -0.4 is 11.1 Å². The van der Waals surface area contributed by atoms with Gasteiger partial charge in [0.1, 0.15) is 35.3 Å². The van der Waals surface area contributed by atoms with Gasteiger partial charge in [0, 0.05) is 39.8 Å². The van der Waals surface area contributed by atoms with Crippen molar-refractivity contribution in [1.29, 1.82) is 0 Å². The molecule has 1 aromatic carbocycles. The number of benzene rings is 1. The van der Waals surface area contributed by atoms with Gasteiger partial charge in [0.25, 0.3) is 12.3 Å². The molecule has 2 aliphatic rings. The minimum absolute atomic E-state index is 0.122. The van der Waals surface area contributed by atoms with E-state index in [1.165, 1.54) is 0 Å². The Morgan fingerprint density at radius 1 is 1.04 bits per heavy atom. The number of nitrogens with zero attached hydrogens (tertiary/aromatic N) is 6. The van der Waals surface area contributed by atoms with E-state index in [0.29, 0.717) is 39.6 Å². The Balaban J connectivity index is 1.35. The van der Waals surface area contributed by atoms with Gasteiger partial charge in [-0.3, -0.25) is 13.9 Å². The predicted octanol–water partition coefficient (Wildman–Crippen LogP) is 7.19. The normalized spacial score (nSPS) is 18.1. The average molecular weight is 721 g/mol. The number of halogens is 6. The monoisotopic (exact) mass is 720 g/mol. The second kappa shape index (κ2) is 12.7. The summed E-state index contributed by atoms with van der Waals surface area (Å²) in [6, 6.07) is 8.66. The van der Waals surface area contributed by atoms with Crippen molar-refractivity contribution in [1.82, 2.24) is 34.7 Å². The summed E-state index contributed by atoms with van der Waals surface area (Å²) in [7, 11) is 0. The number of nitrogens with two attached hydrogens (primary N) is 1. The van der Waals surface area contributed by atoms with Crippen LogP contribution in [0.25, 0.3) is 16.8 Å². The first kappa shape index (κ1) is 35.0. The van der Waals surface area contributed by atoms with E-state index in [2.05, 4.69) is 32.5 Å².